The molecule has 0 unspecified atom stereocenters. The molecule has 276 valence electrons. The molecule has 0 radical (unpaired) electrons. The van der Waals surface area contributed by atoms with Gasteiger partial charge >= 0.3 is 0 Å². The maximum atomic E-state index is 5.90. The SMILES string of the molecule is COc1ccccc1[C@@H](c1nnnn1Cc1ccc2c(c1)OCO2)N1CCN([C@@H](c2ccccc2OC)c2nnnn2Cc2ccc3c(c2)OCO3)CC1. The van der Waals surface area contributed by atoms with E-state index < -0.39 is 0 Å². The minimum Gasteiger partial charge on any atom is -0.496 e. The van der Waals surface area contributed by atoms with Gasteiger partial charge in [-0.15, -0.1) is 10.2 Å². The number of hydrogen-bond donors (Lipinski definition) is 0. The first-order chi connectivity index (χ1) is 26.7. The molecule has 0 amide bonds. The number of benzene rings is 4. The summed E-state index contributed by atoms with van der Waals surface area (Å²) in [7, 11) is 3.38. The number of aromatic nitrogens is 8. The van der Waals surface area contributed by atoms with Crippen molar-refractivity contribution in [2.24, 2.45) is 0 Å². The van der Waals surface area contributed by atoms with Crippen LogP contribution in [-0.4, -0.2) is 104 Å². The van der Waals surface area contributed by atoms with Gasteiger partial charge in [-0.25, -0.2) is 9.36 Å². The van der Waals surface area contributed by atoms with E-state index in [9.17, 15) is 0 Å². The van der Waals surface area contributed by atoms with Gasteiger partial charge < -0.3 is 28.4 Å². The fraction of sp³-hybridized carbons (Fsp3) is 0.316. The van der Waals surface area contributed by atoms with E-state index in [1.54, 1.807) is 14.2 Å². The number of para-hydroxylation sites is 2. The molecule has 0 aliphatic carbocycles. The van der Waals surface area contributed by atoms with E-state index in [4.69, 9.17) is 28.4 Å². The lowest BCUT2D eigenvalue weighted by Gasteiger charge is -2.42. The van der Waals surface area contributed by atoms with Crippen LogP contribution in [0.1, 0.15) is 46.0 Å². The smallest absolute Gasteiger partial charge is 0.231 e. The highest BCUT2D eigenvalue weighted by Gasteiger charge is 2.37. The van der Waals surface area contributed by atoms with E-state index in [1.807, 2.05) is 82.2 Å². The van der Waals surface area contributed by atoms with Gasteiger partial charge in [0, 0.05) is 37.3 Å². The Hall–Kier alpha value is -6.26. The third-order valence-electron chi connectivity index (χ3n) is 10.1. The van der Waals surface area contributed by atoms with Gasteiger partial charge in [-0.2, -0.15) is 0 Å². The maximum absolute atomic E-state index is 5.90. The van der Waals surface area contributed by atoms with Gasteiger partial charge in [0.2, 0.25) is 13.6 Å². The molecule has 0 spiro atoms. The normalized spacial score (nSPS) is 16.3. The monoisotopic (exact) mass is 730 g/mol. The van der Waals surface area contributed by atoms with Gasteiger partial charge in [0.05, 0.1) is 27.3 Å². The highest BCUT2D eigenvalue weighted by molar-refractivity contribution is 5.46. The van der Waals surface area contributed by atoms with Crippen molar-refractivity contribution in [1.82, 2.24) is 50.2 Å². The summed E-state index contributed by atoms with van der Waals surface area (Å²) in [5.41, 5.74) is 3.94. The Balaban J connectivity index is 1.03. The number of methoxy groups -OCH3 is 2. The third-order valence-corrected chi connectivity index (χ3v) is 10.1. The quantitative estimate of drug-likeness (QED) is 0.180. The molecule has 0 N–H and O–H groups in total. The molecule has 54 heavy (non-hydrogen) atoms. The molecule has 16 nitrogen and oxygen atoms in total. The van der Waals surface area contributed by atoms with E-state index in [0.29, 0.717) is 62.4 Å². The van der Waals surface area contributed by atoms with E-state index in [0.717, 1.165) is 45.3 Å². The summed E-state index contributed by atoms with van der Waals surface area (Å²) < 4.78 is 37.8. The molecular formula is C38H38N10O6. The molecule has 3 aliphatic heterocycles. The predicted octanol–water partition coefficient (Wildman–Crippen LogP) is 3.73. The van der Waals surface area contributed by atoms with Crippen LogP contribution in [-0.2, 0) is 13.1 Å². The lowest BCUT2D eigenvalue weighted by atomic mass is 9.99. The Kier molecular flexibility index (Phi) is 9.10. The van der Waals surface area contributed by atoms with Crippen LogP contribution in [0, 0.1) is 0 Å². The lowest BCUT2D eigenvalue weighted by molar-refractivity contribution is 0.0810. The number of fused-ring (bicyclic) bond motifs is 2. The second-order valence-electron chi connectivity index (χ2n) is 13.1. The van der Waals surface area contributed by atoms with Gasteiger partial charge in [-0.05, 0) is 68.4 Å². The van der Waals surface area contributed by atoms with Gasteiger partial charge in [0.25, 0.3) is 0 Å². The molecule has 2 atom stereocenters. The Morgan fingerprint density at radius 2 is 0.981 bits per heavy atom. The molecular weight excluding hydrogens is 692 g/mol. The average molecular weight is 731 g/mol. The van der Waals surface area contributed by atoms with E-state index in [1.165, 1.54) is 0 Å². The van der Waals surface area contributed by atoms with Crippen molar-refractivity contribution in [1.29, 1.82) is 0 Å². The molecule has 0 bridgehead atoms. The zero-order chi connectivity index (χ0) is 36.4. The van der Waals surface area contributed by atoms with Crippen LogP contribution in [0.5, 0.6) is 34.5 Å². The molecule has 6 aromatic rings. The van der Waals surface area contributed by atoms with Crippen LogP contribution in [0.3, 0.4) is 0 Å². The molecule has 9 rings (SSSR count). The lowest BCUT2D eigenvalue weighted by Crippen LogP contribution is -2.50. The molecule has 5 heterocycles. The molecule has 1 saturated heterocycles. The largest absolute Gasteiger partial charge is 0.496 e. The van der Waals surface area contributed by atoms with Crippen molar-refractivity contribution >= 4 is 0 Å². The summed E-state index contributed by atoms with van der Waals surface area (Å²) in [6, 6.07) is 27.3. The van der Waals surface area contributed by atoms with Crippen LogP contribution < -0.4 is 28.4 Å². The molecule has 16 heteroatoms. The van der Waals surface area contributed by atoms with Crippen LogP contribution in [0.4, 0.5) is 0 Å². The van der Waals surface area contributed by atoms with Crippen molar-refractivity contribution in [3.05, 3.63) is 119 Å². The van der Waals surface area contributed by atoms with Gasteiger partial charge in [0.1, 0.15) is 23.6 Å². The molecule has 1 fully saturated rings. The van der Waals surface area contributed by atoms with Crippen LogP contribution in [0.15, 0.2) is 84.9 Å². The predicted molar refractivity (Wildman–Crippen MR) is 192 cm³/mol. The Morgan fingerprint density at radius 1 is 0.556 bits per heavy atom. The number of rotatable bonds is 12. The van der Waals surface area contributed by atoms with E-state index in [2.05, 4.69) is 53.0 Å². The first-order valence-electron chi connectivity index (χ1n) is 17.7. The molecule has 2 aromatic heterocycles. The zero-order valence-electron chi connectivity index (χ0n) is 29.8. The molecule has 0 saturated carbocycles. The fourth-order valence-electron chi connectivity index (χ4n) is 7.50. The number of hydrogen-bond acceptors (Lipinski definition) is 14. The third kappa shape index (κ3) is 6.39. The fourth-order valence-corrected chi connectivity index (χ4v) is 7.50. The number of ether oxygens (including phenoxy) is 6. The zero-order valence-corrected chi connectivity index (χ0v) is 29.8. The first kappa shape index (κ1) is 33.6. The van der Waals surface area contributed by atoms with Crippen LogP contribution >= 0.6 is 0 Å². The summed E-state index contributed by atoms with van der Waals surface area (Å²) in [5, 5.41) is 26.5. The Labute approximate surface area is 310 Å². The second-order valence-corrected chi connectivity index (χ2v) is 13.1. The Bertz CT molecular complexity index is 2100. The number of tetrazole rings is 2. The van der Waals surface area contributed by atoms with Crippen molar-refractivity contribution < 1.29 is 28.4 Å². The minimum atomic E-state index is -0.298. The summed E-state index contributed by atoms with van der Waals surface area (Å²) in [6.45, 7) is 4.08. The van der Waals surface area contributed by atoms with E-state index in [-0.39, 0.29) is 25.7 Å². The van der Waals surface area contributed by atoms with Gasteiger partial charge in [-0.1, -0.05) is 48.5 Å². The summed E-state index contributed by atoms with van der Waals surface area (Å²) in [6.07, 6.45) is 0. The van der Waals surface area contributed by atoms with E-state index >= 15 is 0 Å². The van der Waals surface area contributed by atoms with Crippen molar-refractivity contribution in [2.75, 3.05) is 54.0 Å². The summed E-state index contributed by atoms with van der Waals surface area (Å²) in [4.78, 5) is 4.82. The topological polar surface area (TPSA) is 149 Å². The number of nitrogens with zero attached hydrogens (tertiary/aromatic N) is 10. The first-order valence-corrected chi connectivity index (χ1v) is 17.7. The minimum absolute atomic E-state index is 0.212. The maximum Gasteiger partial charge on any atom is 0.231 e. The highest BCUT2D eigenvalue weighted by atomic mass is 16.7. The molecule has 3 aliphatic rings. The molecule has 4 aromatic carbocycles. The van der Waals surface area contributed by atoms with Crippen LogP contribution in [0.25, 0.3) is 0 Å². The summed E-state index contributed by atoms with van der Waals surface area (Å²) >= 11 is 0. The Morgan fingerprint density at radius 3 is 1.43 bits per heavy atom. The standard InChI is InChI=1S/C38H38N10O6/c1-49-29-9-5-3-7-27(29)35(37-39-41-43-47(37)21-25-11-13-31-33(19-25)53-23-51-31)45-15-17-46(18-16-45)36(28-8-4-6-10-30(28)50-2)38-40-42-44-48(38)22-26-12-14-32-34(20-26)54-24-52-32/h3-14,19-20,35-36H,15-18,21-24H2,1-2H3/t35-,36-/m0/s1. The van der Waals surface area contributed by atoms with Crippen molar-refractivity contribution in [3.63, 3.8) is 0 Å². The van der Waals surface area contributed by atoms with Crippen LogP contribution in [0.2, 0.25) is 0 Å². The summed E-state index contributed by atoms with van der Waals surface area (Å²) in [5.74, 6) is 5.83. The highest BCUT2D eigenvalue weighted by Crippen LogP contribution is 2.39. The van der Waals surface area contributed by atoms with Gasteiger partial charge in [0.15, 0.2) is 34.6 Å². The average Bonchev–Trinajstić information content (AvgIpc) is 4.05. The van der Waals surface area contributed by atoms with Gasteiger partial charge in [-0.3, -0.25) is 9.80 Å². The van der Waals surface area contributed by atoms with Crippen molar-refractivity contribution in [2.45, 2.75) is 25.2 Å². The second kappa shape index (κ2) is 14.6. The van der Waals surface area contributed by atoms with Crippen molar-refractivity contribution in [3.8, 4) is 34.5 Å². The number of piperazine rings is 1.